The van der Waals surface area contributed by atoms with Crippen molar-refractivity contribution in [3.63, 3.8) is 0 Å². The van der Waals surface area contributed by atoms with E-state index in [1.165, 1.54) is 17.2 Å². The molecule has 0 bridgehead atoms. The van der Waals surface area contributed by atoms with E-state index in [9.17, 15) is 33.5 Å². The molecule has 32 heavy (non-hydrogen) atoms. The van der Waals surface area contributed by atoms with Gasteiger partial charge < -0.3 is 35.2 Å². The van der Waals surface area contributed by atoms with Gasteiger partial charge in [0.15, 0.2) is 11.5 Å². The number of aliphatic hydroxyl groups is 1. The molecule has 0 spiro atoms. The van der Waals surface area contributed by atoms with Crippen molar-refractivity contribution < 1.29 is 115 Å². The van der Waals surface area contributed by atoms with Gasteiger partial charge in [-0.1, -0.05) is 0 Å². The SMILES string of the molecule is Nc1ncnc2c1ncn2C1CC(O)C(COP(=O)(O)OP(=O)([O-])OP(=O)([O-])O)O1.[Na+].[Na+]. The fourth-order valence-electron chi connectivity index (χ4n) is 2.58. The van der Waals surface area contributed by atoms with Gasteiger partial charge >= 0.3 is 66.9 Å². The van der Waals surface area contributed by atoms with Crippen LogP contribution in [0, 0.1) is 0 Å². The number of anilines is 1. The van der Waals surface area contributed by atoms with Crippen LogP contribution in [0.4, 0.5) is 5.82 Å². The Bertz CT molecular complexity index is 1080. The first-order chi connectivity index (χ1) is 13.8. The summed E-state index contributed by atoms with van der Waals surface area (Å²) in [4.78, 5) is 51.2. The summed E-state index contributed by atoms with van der Waals surface area (Å²) in [7, 11) is -17.2. The van der Waals surface area contributed by atoms with Crippen LogP contribution in [0.25, 0.3) is 11.2 Å². The van der Waals surface area contributed by atoms with Crippen molar-refractivity contribution in [2.75, 3.05) is 12.3 Å². The van der Waals surface area contributed by atoms with E-state index in [0.29, 0.717) is 5.65 Å². The van der Waals surface area contributed by atoms with E-state index in [1.807, 2.05) is 0 Å². The largest absolute Gasteiger partial charge is 1.00 e. The Morgan fingerprint density at radius 3 is 2.47 bits per heavy atom. The summed E-state index contributed by atoms with van der Waals surface area (Å²) in [5.41, 5.74) is 6.27. The molecule has 0 radical (unpaired) electrons. The number of ether oxygens (including phenoxy) is 1. The second kappa shape index (κ2) is 11.6. The smallest absolute Gasteiger partial charge is 0.756 e. The summed E-state index contributed by atoms with van der Waals surface area (Å²) < 4.78 is 51.5. The summed E-state index contributed by atoms with van der Waals surface area (Å²) in [6.45, 7) is -0.830. The molecule has 2 aromatic heterocycles. The van der Waals surface area contributed by atoms with Gasteiger partial charge in [-0.3, -0.25) is 18.2 Å². The average molecular weight is 535 g/mol. The van der Waals surface area contributed by atoms with Gasteiger partial charge in [0.2, 0.25) is 0 Å². The predicted molar refractivity (Wildman–Crippen MR) is 89.6 cm³/mol. The maximum Gasteiger partial charge on any atom is 1.00 e. The number of hydrogen-bond donors (Lipinski definition) is 4. The maximum atomic E-state index is 11.7. The van der Waals surface area contributed by atoms with Crippen molar-refractivity contribution in [2.45, 2.75) is 24.9 Å². The molecule has 0 amide bonds. The molecular weight excluding hydrogens is 521 g/mol. The van der Waals surface area contributed by atoms with Crippen LogP contribution in [0.15, 0.2) is 12.7 Å². The molecule has 3 heterocycles. The fourth-order valence-corrected chi connectivity index (χ4v) is 5.51. The molecule has 0 saturated carbocycles. The molecule has 22 heteroatoms. The van der Waals surface area contributed by atoms with Crippen molar-refractivity contribution in [1.82, 2.24) is 19.5 Å². The molecule has 0 aliphatic carbocycles. The van der Waals surface area contributed by atoms with E-state index in [1.54, 1.807) is 0 Å². The topological polar surface area (TPSA) is 265 Å². The van der Waals surface area contributed by atoms with E-state index >= 15 is 0 Å². The van der Waals surface area contributed by atoms with Crippen LogP contribution >= 0.6 is 23.5 Å². The van der Waals surface area contributed by atoms with Gasteiger partial charge in [-0.15, -0.1) is 0 Å². The zero-order valence-corrected chi connectivity index (χ0v) is 23.2. The number of phosphoric ester groups is 1. The van der Waals surface area contributed by atoms with Crippen molar-refractivity contribution in [1.29, 1.82) is 0 Å². The van der Waals surface area contributed by atoms with Gasteiger partial charge in [-0.2, -0.15) is 0 Å². The van der Waals surface area contributed by atoms with Gasteiger partial charge in [0.05, 0.1) is 19.0 Å². The third-order valence-electron chi connectivity index (χ3n) is 3.71. The van der Waals surface area contributed by atoms with Crippen LogP contribution in [0.3, 0.4) is 0 Å². The number of rotatable bonds is 8. The van der Waals surface area contributed by atoms with Crippen LogP contribution in [-0.2, 0) is 31.6 Å². The number of fused-ring (bicyclic) bond motifs is 1. The first-order valence-electron chi connectivity index (χ1n) is 7.78. The van der Waals surface area contributed by atoms with E-state index in [0.717, 1.165) is 0 Å². The molecule has 3 rings (SSSR count). The number of nitrogen functional groups attached to an aromatic ring is 1. The van der Waals surface area contributed by atoms with Crippen LogP contribution in [0.2, 0.25) is 0 Å². The van der Waals surface area contributed by atoms with Crippen molar-refractivity contribution in [3.8, 4) is 0 Å². The van der Waals surface area contributed by atoms with Crippen LogP contribution < -0.4 is 74.6 Å². The number of aliphatic hydroxyl groups excluding tert-OH is 1. The number of hydrogen-bond acceptors (Lipinski definition) is 14. The Hall–Kier alpha value is 0.680. The van der Waals surface area contributed by atoms with E-state index in [2.05, 4.69) is 28.1 Å². The van der Waals surface area contributed by atoms with Crippen molar-refractivity contribution >= 4 is 40.4 Å². The minimum Gasteiger partial charge on any atom is -0.756 e. The zero-order chi connectivity index (χ0) is 22.3. The van der Waals surface area contributed by atoms with Gasteiger partial charge in [-0.05, 0) is 0 Å². The summed E-state index contributed by atoms with van der Waals surface area (Å²) in [5.74, 6) is 0.116. The minimum atomic E-state index is -5.95. The predicted octanol–water partition coefficient (Wildman–Crippen LogP) is -7.86. The molecule has 6 atom stereocenters. The molecule has 6 unspecified atom stereocenters. The number of aromatic nitrogens is 4. The molecule has 168 valence electrons. The van der Waals surface area contributed by atoms with Gasteiger partial charge in [0.25, 0.3) is 15.6 Å². The molecule has 1 aliphatic rings. The molecule has 17 nitrogen and oxygen atoms in total. The first kappa shape index (κ1) is 30.7. The van der Waals surface area contributed by atoms with Crippen LogP contribution in [0.1, 0.15) is 12.6 Å². The molecule has 1 aliphatic heterocycles. The Morgan fingerprint density at radius 1 is 1.19 bits per heavy atom. The maximum absolute atomic E-state index is 11.7. The number of nitrogens with zero attached hydrogens (tertiary/aromatic N) is 4. The Labute approximate surface area is 223 Å². The van der Waals surface area contributed by atoms with E-state index < -0.39 is 48.5 Å². The molecule has 1 fully saturated rings. The van der Waals surface area contributed by atoms with E-state index in [-0.39, 0.29) is 76.9 Å². The molecular formula is C10H14N5Na2O12P3. The first-order valence-corrected chi connectivity index (χ1v) is 12.2. The van der Waals surface area contributed by atoms with Crippen LogP contribution in [-0.4, -0.2) is 53.2 Å². The summed E-state index contributed by atoms with van der Waals surface area (Å²) in [6, 6.07) is 0. The molecule has 2 aromatic rings. The third kappa shape index (κ3) is 8.12. The van der Waals surface area contributed by atoms with Crippen molar-refractivity contribution in [2.24, 2.45) is 0 Å². The summed E-state index contributed by atoms with van der Waals surface area (Å²) in [5, 5.41) is 10.1. The fraction of sp³-hybridized carbons (Fsp3) is 0.500. The molecule has 0 aromatic carbocycles. The number of imidazole rings is 1. The number of phosphoric acid groups is 3. The third-order valence-corrected chi connectivity index (χ3v) is 7.44. The van der Waals surface area contributed by atoms with Gasteiger partial charge in [-0.25, -0.2) is 28.1 Å². The second-order valence-corrected chi connectivity index (χ2v) is 10.2. The summed E-state index contributed by atoms with van der Waals surface area (Å²) in [6.07, 6.45) is -0.767. The summed E-state index contributed by atoms with van der Waals surface area (Å²) >= 11 is 0. The Balaban J connectivity index is 0.00000256. The zero-order valence-electron chi connectivity index (χ0n) is 16.5. The number of nitrogens with two attached hydrogens (primary N) is 1. The second-order valence-electron chi connectivity index (χ2n) is 5.86. The Kier molecular flexibility index (Phi) is 11.1. The van der Waals surface area contributed by atoms with Gasteiger partial charge in [0.1, 0.15) is 24.2 Å². The minimum absolute atomic E-state index is 0. The normalized spacial score (nSPS) is 26.3. The van der Waals surface area contributed by atoms with Gasteiger partial charge in [0, 0.05) is 6.42 Å². The standard InChI is InChI=1S/C10H16N5O12P3.2Na/c11-9-8-10(13-3-12-9)15(4-14-8)7-1-5(16)6(25-7)2-24-29(20,21)27-30(22,23)26-28(17,18)19;;/h3-7,16H,1-2H2,(H,20,21)(H,22,23)(H2,11,12,13)(H2,17,18,19);;/q;2*+1/p-2. The molecule has 5 N–H and O–H groups in total. The Morgan fingerprint density at radius 2 is 1.84 bits per heavy atom. The van der Waals surface area contributed by atoms with Crippen molar-refractivity contribution in [3.05, 3.63) is 12.7 Å². The average Bonchev–Trinajstić information content (AvgIpc) is 3.14. The molecule has 1 saturated heterocycles. The van der Waals surface area contributed by atoms with E-state index in [4.69, 9.17) is 15.4 Å². The quantitative estimate of drug-likeness (QED) is 0.181. The van der Waals surface area contributed by atoms with Crippen LogP contribution in [0.5, 0.6) is 0 Å². The monoisotopic (exact) mass is 535 g/mol.